The van der Waals surface area contributed by atoms with Crippen molar-refractivity contribution in [2.24, 2.45) is 0 Å². The number of hydrogen-bond acceptors (Lipinski definition) is 7. The van der Waals surface area contributed by atoms with Gasteiger partial charge in [0.2, 0.25) is 0 Å². The van der Waals surface area contributed by atoms with E-state index < -0.39 is 5.60 Å². The molecular formula is C27H36N6O3. The summed E-state index contributed by atoms with van der Waals surface area (Å²) < 4.78 is 7.44. The third kappa shape index (κ3) is 5.16. The van der Waals surface area contributed by atoms with E-state index in [1.165, 1.54) is 11.1 Å². The lowest BCUT2D eigenvalue weighted by Gasteiger charge is -2.34. The van der Waals surface area contributed by atoms with Gasteiger partial charge in [-0.1, -0.05) is 0 Å². The van der Waals surface area contributed by atoms with Gasteiger partial charge in [-0.15, -0.1) is 0 Å². The highest BCUT2D eigenvalue weighted by atomic mass is 16.6. The molecule has 192 valence electrons. The second kappa shape index (κ2) is 9.35. The first-order valence-electron chi connectivity index (χ1n) is 12.8. The molecule has 1 aromatic carbocycles. The number of hydrogen-bond donors (Lipinski definition) is 2. The molecule has 5 rings (SSSR count). The minimum Gasteiger partial charge on any atom is -0.444 e. The summed E-state index contributed by atoms with van der Waals surface area (Å²) >= 11 is 0. The first-order chi connectivity index (χ1) is 17.1. The molecule has 1 amide bonds. The number of rotatable bonds is 4. The van der Waals surface area contributed by atoms with Crippen molar-refractivity contribution in [3.8, 4) is 5.82 Å². The molecule has 0 bridgehead atoms. The number of fused-ring (bicyclic) bond motifs is 1. The van der Waals surface area contributed by atoms with Gasteiger partial charge in [0.15, 0.2) is 5.82 Å². The van der Waals surface area contributed by atoms with E-state index in [1.807, 2.05) is 49.5 Å². The van der Waals surface area contributed by atoms with E-state index in [-0.39, 0.29) is 18.2 Å². The fourth-order valence-corrected chi connectivity index (χ4v) is 5.18. The van der Waals surface area contributed by atoms with Crippen LogP contribution in [0.5, 0.6) is 0 Å². The zero-order chi connectivity index (χ0) is 25.6. The highest BCUT2D eigenvalue weighted by Crippen LogP contribution is 2.34. The first-order valence-corrected chi connectivity index (χ1v) is 12.8. The Hall–Kier alpha value is -3.20. The smallest absolute Gasteiger partial charge is 0.410 e. The SMILES string of the molecule is Cc1nc(NC2CC(O)C2)cc(-n2ncc3cc(C)c(C4CCN(C(=O)OC(C)(C)C)CC4)cc32)n1. The number of aryl methyl sites for hydroxylation is 2. The Morgan fingerprint density at radius 2 is 1.83 bits per heavy atom. The predicted molar refractivity (Wildman–Crippen MR) is 139 cm³/mol. The van der Waals surface area contributed by atoms with Crippen molar-refractivity contribution in [2.75, 3.05) is 18.4 Å². The van der Waals surface area contributed by atoms with Crippen LogP contribution in [0, 0.1) is 13.8 Å². The number of amides is 1. The molecule has 3 heterocycles. The fraction of sp³-hybridized carbons (Fsp3) is 0.556. The van der Waals surface area contributed by atoms with Crippen LogP contribution < -0.4 is 5.32 Å². The lowest BCUT2D eigenvalue weighted by atomic mass is 9.86. The van der Waals surface area contributed by atoms with Crippen molar-refractivity contribution in [2.45, 2.75) is 84.0 Å². The van der Waals surface area contributed by atoms with Crippen molar-refractivity contribution in [1.82, 2.24) is 24.6 Å². The van der Waals surface area contributed by atoms with Crippen LogP contribution >= 0.6 is 0 Å². The second-order valence-corrected chi connectivity index (χ2v) is 11.2. The Morgan fingerprint density at radius 1 is 1.11 bits per heavy atom. The summed E-state index contributed by atoms with van der Waals surface area (Å²) in [5.41, 5.74) is 3.05. The van der Waals surface area contributed by atoms with E-state index in [9.17, 15) is 9.90 Å². The Bertz CT molecular complexity index is 1270. The Morgan fingerprint density at radius 3 is 2.50 bits per heavy atom. The summed E-state index contributed by atoms with van der Waals surface area (Å²) in [4.78, 5) is 23.5. The molecule has 1 aliphatic heterocycles. The summed E-state index contributed by atoms with van der Waals surface area (Å²) in [6.07, 6.45) is 4.69. The van der Waals surface area contributed by atoms with Gasteiger partial charge in [-0.25, -0.2) is 19.4 Å². The third-order valence-corrected chi connectivity index (χ3v) is 7.05. The van der Waals surface area contributed by atoms with E-state index in [2.05, 4.69) is 39.4 Å². The molecular weight excluding hydrogens is 456 g/mol. The molecule has 1 saturated heterocycles. The van der Waals surface area contributed by atoms with Gasteiger partial charge in [-0.2, -0.15) is 5.10 Å². The van der Waals surface area contributed by atoms with Crippen molar-refractivity contribution < 1.29 is 14.6 Å². The van der Waals surface area contributed by atoms with Gasteiger partial charge in [-0.3, -0.25) is 0 Å². The topological polar surface area (TPSA) is 105 Å². The zero-order valence-electron chi connectivity index (χ0n) is 21.8. The Kier molecular flexibility index (Phi) is 6.36. The summed E-state index contributed by atoms with van der Waals surface area (Å²) in [5, 5.41) is 18.7. The molecule has 3 aromatic rings. The number of carbonyl (C=O) groups is 1. The van der Waals surface area contributed by atoms with Gasteiger partial charge in [-0.05, 0) is 89.5 Å². The summed E-state index contributed by atoms with van der Waals surface area (Å²) in [6.45, 7) is 11.1. The first kappa shape index (κ1) is 24.5. The van der Waals surface area contributed by atoms with Gasteiger partial charge in [0, 0.05) is 30.6 Å². The monoisotopic (exact) mass is 492 g/mol. The number of nitrogens with one attached hydrogen (secondary N) is 1. The number of ether oxygens (including phenoxy) is 1. The second-order valence-electron chi connectivity index (χ2n) is 11.2. The normalized spacial score (nSPS) is 20.9. The van der Waals surface area contributed by atoms with Crippen LogP contribution in [-0.4, -0.2) is 66.7 Å². The maximum Gasteiger partial charge on any atom is 0.410 e. The third-order valence-electron chi connectivity index (χ3n) is 7.05. The van der Waals surface area contributed by atoms with Crippen molar-refractivity contribution in [1.29, 1.82) is 0 Å². The van der Waals surface area contributed by atoms with Crippen molar-refractivity contribution >= 4 is 22.8 Å². The van der Waals surface area contributed by atoms with Gasteiger partial charge in [0.25, 0.3) is 0 Å². The van der Waals surface area contributed by atoms with Crippen LogP contribution in [-0.2, 0) is 4.74 Å². The largest absolute Gasteiger partial charge is 0.444 e. The number of nitrogens with zero attached hydrogens (tertiary/aromatic N) is 5. The van der Waals surface area contributed by atoms with Crippen LogP contribution in [0.3, 0.4) is 0 Å². The quantitative estimate of drug-likeness (QED) is 0.553. The maximum atomic E-state index is 12.5. The van der Waals surface area contributed by atoms with E-state index in [0.717, 1.165) is 48.2 Å². The molecule has 0 unspecified atom stereocenters. The molecule has 2 fully saturated rings. The number of anilines is 1. The molecule has 36 heavy (non-hydrogen) atoms. The van der Waals surface area contributed by atoms with Crippen LogP contribution in [0.15, 0.2) is 24.4 Å². The van der Waals surface area contributed by atoms with Gasteiger partial charge < -0.3 is 20.1 Å². The van der Waals surface area contributed by atoms with Crippen molar-refractivity contribution in [3.63, 3.8) is 0 Å². The number of aromatic nitrogens is 4. The highest BCUT2D eigenvalue weighted by Gasteiger charge is 2.29. The molecule has 0 spiro atoms. The number of aliphatic hydroxyl groups is 1. The van der Waals surface area contributed by atoms with Crippen LogP contribution in [0.25, 0.3) is 16.7 Å². The standard InChI is InChI=1S/C27H36N6O3/c1-16-10-19-15-28-33(25-14-24(29-17(2)30-25)31-20-11-21(34)12-20)23(19)13-22(16)18-6-8-32(9-7-18)26(35)36-27(3,4)5/h10,13-15,18,20-21,34H,6-9,11-12H2,1-5H3,(H,29,30,31). The van der Waals surface area contributed by atoms with Crippen LogP contribution in [0.4, 0.5) is 10.6 Å². The minimum atomic E-state index is -0.484. The summed E-state index contributed by atoms with van der Waals surface area (Å²) in [5.74, 6) is 2.50. The lowest BCUT2D eigenvalue weighted by Crippen LogP contribution is -2.41. The fourth-order valence-electron chi connectivity index (χ4n) is 5.18. The predicted octanol–water partition coefficient (Wildman–Crippen LogP) is 4.48. The molecule has 1 saturated carbocycles. The number of likely N-dealkylation sites (tertiary alicyclic amines) is 1. The van der Waals surface area contributed by atoms with Gasteiger partial charge in [0.1, 0.15) is 17.2 Å². The molecule has 2 N–H and O–H groups in total. The van der Waals surface area contributed by atoms with Crippen LogP contribution in [0.2, 0.25) is 0 Å². The number of benzene rings is 1. The molecule has 1 aliphatic carbocycles. The Balaban J connectivity index is 1.37. The molecule has 9 nitrogen and oxygen atoms in total. The molecule has 2 aliphatic rings. The van der Waals surface area contributed by atoms with E-state index >= 15 is 0 Å². The van der Waals surface area contributed by atoms with E-state index in [4.69, 9.17) is 4.74 Å². The molecule has 2 aromatic heterocycles. The molecule has 9 heteroatoms. The average Bonchev–Trinajstić information content (AvgIpc) is 3.19. The van der Waals surface area contributed by atoms with Crippen molar-refractivity contribution in [3.05, 3.63) is 41.3 Å². The lowest BCUT2D eigenvalue weighted by molar-refractivity contribution is 0.0204. The summed E-state index contributed by atoms with van der Waals surface area (Å²) in [7, 11) is 0. The van der Waals surface area contributed by atoms with E-state index in [1.54, 1.807) is 0 Å². The summed E-state index contributed by atoms with van der Waals surface area (Å²) in [6, 6.07) is 6.58. The maximum absolute atomic E-state index is 12.5. The number of piperidine rings is 1. The minimum absolute atomic E-state index is 0.224. The average molecular weight is 493 g/mol. The number of carbonyl (C=O) groups excluding carboxylic acids is 1. The molecule has 0 atom stereocenters. The highest BCUT2D eigenvalue weighted by molar-refractivity contribution is 5.82. The Labute approximate surface area is 211 Å². The van der Waals surface area contributed by atoms with E-state index in [0.29, 0.717) is 24.8 Å². The van der Waals surface area contributed by atoms with Gasteiger partial charge in [0.05, 0.1) is 17.8 Å². The molecule has 0 radical (unpaired) electrons. The van der Waals surface area contributed by atoms with Gasteiger partial charge >= 0.3 is 6.09 Å². The van der Waals surface area contributed by atoms with Crippen LogP contribution in [0.1, 0.15) is 69.3 Å². The zero-order valence-corrected chi connectivity index (χ0v) is 21.8. The number of aliphatic hydroxyl groups excluding tert-OH is 1.